The molecule has 9 nitrogen and oxygen atoms in total. The Kier molecular flexibility index (Phi) is 9.29. The number of nitrogens with zero attached hydrogens (tertiary/aromatic N) is 4. The number of nitrogens with one attached hydrogen (secondary N) is 1. The quantitative estimate of drug-likeness (QED) is 0.374. The molecule has 1 aromatic heterocycles. The fraction of sp³-hybridized carbons (Fsp3) is 0.583. The van der Waals surface area contributed by atoms with E-state index in [1.165, 1.54) is 23.3 Å². The van der Waals surface area contributed by atoms with E-state index in [-0.39, 0.29) is 31.0 Å². The molecule has 4 heterocycles. The van der Waals surface area contributed by atoms with Crippen molar-refractivity contribution in [3.8, 4) is 17.0 Å². The topological polar surface area (TPSA) is 87.1 Å². The van der Waals surface area contributed by atoms with Gasteiger partial charge in [0.25, 0.3) is 11.8 Å². The average Bonchev–Trinajstić information content (AvgIpc) is 3.56. The molecule has 0 spiro atoms. The van der Waals surface area contributed by atoms with Crippen molar-refractivity contribution in [3.05, 3.63) is 53.1 Å². The van der Waals surface area contributed by atoms with Crippen LogP contribution in [0.2, 0.25) is 0 Å². The van der Waals surface area contributed by atoms with Gasteiger partial charge in [0.15, 0.2) is 0 Å². The lowest BCUT2D eigenvalue weighted by Crippen LogP contribution is -2.44. The summed E-state index contributed by atoms with van der Waals surface area (Å²) in [6, 6.07) is 11.7. The fourth-order valence-electron chi connectivity index (χ4n) is 8.19. The van der Waals surface area contributed by atoms with Gasteiger partial charge in [-0.25, -0.2) is 13.5 Å². The highest BCUT2D eigenvalue weighted by atomic mass is 32.2. The van der Waals surface area contributed by atoms with Crippen LogP contribution < -0.4 is 9.46 Å². The third kappa shape index (κ3) is 6.73. The van der Waals surface area contributed by atoms with Crippen LogP contribution in [0.25, 0.3) is 22.2 Å². The van der Waals surface area contributed by atoms with Gasteiger partial charge in [0.2, 0.25) is 0 Å². The van der Waals surface area contributed by atoms with Crippen molar-refractivity contribution in [2.45, 2.75) is 76.3 Å². The van der Waals surface area contributed by atoms with Crippen LogP contribution in [-0.4, -0.2) is 92.3 Å². The van der Waals surface area contributed by atoms with Crippen molar-refractivity contribution in [1.29, 1.82) is 0 Å². The van der Waals surface area contributed by atoms with Crippen molar-refractivity contribution in [3.63, 3.8) is 0 Å². The van der Waals surface area contributed by atoms with E-state index in [4.69, 9.17) is 4.74 Å². The summed E-state index contributed by atoms with van der Waals surface area (Å²) in [5.74, 6) is -2.09. The maximum absolute atomic E-state index is 14.2. The highest BCUT2D eigenvalue weighted by Crippen LogP contribution is 2.48. The van der Waals surface area contributed by atoms with E-state index < -0.39 is 22.0 Å². The van der Waals surface area contributed by atoms with E-state index >= 15 is 0 Å². The second kappa shape index (κ2) is 13.3. The van der Waals surface area contributed by atoms with Crippen LogP contribution in [-0.2, 0) is 23.3 Å². The molecular weight excluding hydrogens is 636 g/mol. The van der Waals surface area contributed by atoms with Gasteiger partial charge in [0.05, 0.1) is 18.8 Å². The number of fused-ring (bicyclic) bond motifs is 4. The molecule has 1 saturated heterocycles. The summed E-state index contributed by atoms with van der Waals surface area (Å²) in [5, 5.41) is 1.07. The van der Waals surface area contributed by atoms with Crippen LogP contribution in [0.15, 0.2) is 36.4 Å². The lowest BCUT2D eigenvalue weighted by molar-refractivity contribution is 0.0114. The zero-order valence-electron chi connectivity index (χ0n) is 28.0. The second-order valence-electron chi connectivity index (χ2n) is 14.4. The van der Waals surface area contributed by atoms with E-state index in [0.29, 0.717) is 38.7 Å². The minimum Gasteiger partial charge on any atom is -0.492 e. The van der Waals surface area contributed by atoms with E-state index in [9.17, 15) is 22.0 Å². The van der Waals surface area contributed by atoms with Gasteiger partial charge in [-0.3, -0.25) is 9.69 Å². The molecule has 2 aromatic carbocycles. The summed E-state index contributed by atoms with van der Waals surface area (Å²) in [4.78, 5) is 17.5. The molecule has 3 aromatic rings. The standard InChI is InChI=1S/C36H47F2N5O4S/c1-40-16-7-8-25-21-43-31-20-27(35(44)39-48(45,46)41(2)19-18-40)13-14-29(31)32(26-9-4-3-5-10-26)33(43)30-12-6-11-28(34(30)47-23-25)22-42-17-15-36(37,38)24-42/h6,11-14,20,25-26H,3-5,7-10,15-19,21-24H2,1-2H3,(H,39,44). The third-order valence-electron chi connectivity index (χ3n) is 10.9. The van der Waals surface area contributed by atoms with Crippen molar-refractivity contribution >= 4 is 27.0 Å². The monoisotopic (exact) mass is 683 g/mol. The molecule has 48 heavy (non-hydrogen) atoms. The molecule has 1 aliphatic carbocycles. The van der Waals surface area contributed by atoms with Crippen LogP contribution >= 0.6 is 0 Å². The summed E-state index contributed by atoms with van der Waals surface area (Å²) in [5.41, 5.74) is 5.39. The van der Waals surface area contributed by atoms with Crippen LogP contribution in [0, 0.1) is 5.92 Å². The van der Waals surface area contributed by atoms with Crippen LogP contribution in [0.3, 0.4) is 0 Å². The zero-order chi connectivity index (χ0) is 33.6. The molecule has 3 aliphatic heterocycles. The minimum absolute atomic E-state index is 0.132. The molecule has 4 aliphatic rings. The van der Waals surface area contributed by atoms with Gasteiger partial charge in [0, 0.05) is 79.7 Å². The predicted molar refractivity (Wildman–Crippen MR) is 183 cm³/mol. The maximum Gasteiger partial charge on any atom is 0.303 e. The second-order valence-corrected chi connectivity index (χ2v) is 16.2. The van der Waals surface area contributed by atoms with Gasteiger partial charge in [-0.15, -0.1) is 0 Å². The van der Waals surface area contributed by atoms with E-state index in [1.54, 1.807) is 6.07 Å². The molecule has 2 fully saturated rings. The molecule has 12 heteroatoms. The number of carbonyl (C=O) groups is 1. The average molecular weight is 684 g/mol. The summed E-state index contributed by atoms with van der Waals surface area (Å²) in [6.45, 7) is 3.23. The minimum atomic E-state index is -4.03. The number of halogens is 2. The molecule has 7 rings (SSSR count). The van der Waals surface area contributed by atoms with Gasteiger partial charge in [0.1, 0.15) is 5.75 Å². The zero-order valence-corrected chi connectivity index (χ0v) is 28.8. The highest BCUT2D eigenvalue weighted by molar-refractivity contribution is 7.87. The number of amides is 1. The number of likely N-dealkylation sites (N-methyl/N-ethyl adjacent to an activating group) is 2. The highest BCUT2D eigenvalue weighted by Gasteiger charge is 2.39. The smallest absolute Gasteiger partial charge is 0.303 e. The Hall–Kier alpha value is -3.06. The summed E-state index contributed by atoms with van der Waals surface area (Å²) in [6.07, 6.45) is 7.29. The number of para-hydroxylation sites is 1. The Morgan fingerprint density at radius 2 is 1.79 bits per heavy atom. The third-order valence-corrected chi connectivity index (χ3v) is 12.3. The van der Waals surface area contributed by atoms with Gasteiger partial charge < -0.3 is 14.2 Å². The number of ether oxygens (including phenoxy) is 1. The molecule has 0 radical (unpaired) electrons. The molecule has 1 amide bonds. The molecule has 1 atom stereocenters. The molecule has 1 saturated carbocycles. The van der Waals surface area contributed by atoms with E-state index in [2.05, 4.69) is 20.3 Å². The van der Waals surface area contributed by atoms with Crippen molar-refractivity contribution < 1.29 is 26.7 Å². The number of rotatable bonds is 3. The number of carbonyl (C=O) groups excluding carboxylic acids is 1. The van der Waals surface area contributed by atoms with Gasteiger partial charge in [-0.1, -0.05) is 37.5 Å². The Labute approximate surface area is 282 Å². The predicted octanol–water partition coefficient (Wildman–Crippen LogP) is 5.84. The first-order valence-electron chi connectivity index (χ1n) is 17.5. The molecule has 1 N–H and O–H groups in total. The normalized spacial score (nSPS) is 24.7. The van der Waals surface area contributed by atoms with Gasteiger partial charge in [-0.05, 0) is 69.0 Å². The van der Waals surface area contributed by atoms with Crippen molar-refractivity contribution in [1.82, 2.24) is 23.4 Å². The molecule has 260 valence electrons. The first kappa shape index (κ1) is 33.4. The first-order valence-corrected chi connectivity index (χ1v) is 18.9. The summed E-state index contributed by atoms with van der Waals surface area (Å²) in [7, 11) is -0.559. The number of benzene rings is 2. The maximum atomic E-state index is 14.2. The largest absolute Gasteiger partial charge is 0.492 e. The lowest BCUT2D eigenvalue weighted by Gasteiger charge is -2.30. The number of hydrogen-bond donors (Lipinski definition) is 1. The van der Waals surface area contributed by atoms with Crippen LogP contribution in [0.5, 0.6) is 5.75 Å². The van der Waals surface area contributed by atoms with Crippen molar-refractivity contribution in [2.24, 2.45) is 5.92 Å². The van der Waals surface area contributed by atoms with Gasteiger partial charge in [-0.2, -0.15) is 12.7 Å². The number of hydrogen-bond acceptors (Lipinski definition) is 6. The Morgan fingerprint density at radius 1 is 0.979 bits per heavy atom. The van der Waals surface area contributed by atoms with Crippen LogP contribution in [0.1, 0.15) is 78.8 Å². The summed E-state index contributed by atoms with van der Waals surface area (Å²) < 4.78 is 67.3. The van der Waals surface area contributed by atoms with E-state index in [1.807, 2.05) is 36.2 Å². The molecular formula is C36H47F2N5O4S. The van der Waals surface area contributed by atoms with Crippen LogP contribution in [0.4, 0.5) is 8.78 Å². The molecule has 4 bridgehead atoms. The van der Waals surface area contributed by atoms with Crippen molar-refractivity contribution in [2.75, 3.05) is 53.4 Å². The Morgan fingerprint density at radius 3 is 2.56 bits per heavy atom. The Bertz CT molecular complexity index is 1790. The van der Waals surface area contributed by atoms with Gasteiger partial charge >= 0.3 is 10.2 Å². The molecule has 1 unspecified atom stereocenters. The van der Waals surface area contributed by atoms with E-state index in [0.717, 1.165) is 78.5 Å². The lowest BCUT2D eigenvalue weighted by atomic mass is 9.81. The number of aromatic nitrogens is 1. The number of alkyl halides is 2. The Balaban J connectivity index is 1.41. The fourth-order valence-corrected chi connectivity index (χ4v) is 9.02. The number of likely N-dealkylation sites (tertiary alicyclic amines) is 1. The summed E-state index contributed by atoms with van der Waals surface area (Å²) >= 11 is 0. The first-order chi connectivity index (χ1) is 23.0. The SMILES string of the molecule is CN1CCCC2COc3c(CN4CCC(F)(F)C4)cccc3-c3c(C4CCCCC4)c4ccc(cc4n3C2)C(=O)NS(=O)(=O)N(C)CC1.